The summed E-state index contributed by atoms with van der Waals surface area (Å²) in [4.78, 5) is 20.3. The van der Waals surface area contributed by atoms with Crippen LogP contribution in [0.5, 0.6) is 0 Å². The van der Waals surface area contributed by atoms with Gasteiger partial charge in [-0.2, -0.15) is 5.10 Å². The fourth-order valence-electron chi connectivity index (χ4n) is 3.74. The number of hydrogen-bond donors (Lipinski definition) is 2. The molecule has 3 heterocycles. The summed E-state index contributed by atoms with van der Waals surface area (Å²) in [6.07, 6.45) is 13.7. The van der Waals surface area contributed by atoms with E-state index in [2.05, 4.69) is 43.7 Å². The van der Waals surface area contributed by atoms with Gasteiger partial charge < -0.3 is 9.88 Å². The largest absolute Gasteiger partial charge is 0.341 e. The Morgan fingerprint density at radius 1 is 1.27 bits per heavy atom. The highest BCUT2D eigenvalue weighted by Crippen LogP contribution is 2.27. The Labute approximate surface area is 173 Å². The van der Waals surface area contributed by atoms with E-state index in [1.165, 1.54) is 5.56 Å². The molecule has 0 aliphatic heterocycles. The molecule has 7 heteroatoms. The van der Waals surface area contributed by atoms with Crippen LogP contribution in [0.4, 0.5) is 5.82 Å². The standard InChI is InChI=1S/C23H20N6O/c1-29-20(14-30)10-16-2-3-17(11-21(16)29)23-24-9-8-22(28-23)27-19-6-4-15(5-7-19)18-12-25-26-13-18/h2-4,6-15H,5H2,1H3,(H,25,26)(H,24,27,28). The van der Waals surface area contributed by atoms with Gasteiger partial charge in [-0.15, -0.1) is 0 Å². The number of hydrogen-bond acceptors (Lipinski definition) is 5. The number of aromatic nitrogens is 5. The lowest BCUT2D eigenvalue weighted by Crippen LogP contribution is -2.05. The molecule has 1 atom stereocenters. The SMILES string of the molecule is Cn1c(C=O)cc2ccc(-c3nccc(NC4=CCC(c5cn[nH]c5)C=C4)n3)cc21. The molecule has 1 unspecified atom stereocenters. The van der Waals surface area contributed by atoms with Crippen LogP contribution in [-0.4, -0.2) is 31.0 Å². The Kier molecular flexibility index (Phi) is 4.48. The highest BCUT2D eigenvalue weighted by atomic mass is 16.1. The van der Waals surface area contributed by atoms with Gasteiger partial charge in [0.15, 0.2) is 12.1 Å². The topological polar surface area (TPSA) is 88.5 Å². The third kappa shape index (κ3) is 3.30. The molecule has 5 rings (SSSR count). The molecule has 0 bridgehead atoms. The molecule has 1 aromatic carbocycles. The van der Waals surface area contributed by atoms with Crippen LogP contribution in [0, 0.1) is 0 Å². The number of anilines is 1. The quantitative estimate of drug-likeness (QED) is 0.493. The monoisotopic (exact) mass is 396 g/mol. The molecule has 148 valence electrons. The summed E-state index contributed by atoms with van der Waals surface area (Å²) < 4.78 is 1.88. The Balaban J connectivity index is 1.37. The summed E-state index contributed by atoms with van der Waals surface area (Å²) in [6, 6.07) is 9.71. The van der Waals surface area contributed by atoms with Gasteiger partial charge in [-0.05, 0) is 36.3 Å². The average molecular weight is 396 g/mol. The number of benzene rings is 1. The zero-order chi connectivity index (χ0) is 20.5. The predicted octanol–water partition coefficient (Wildman–Crippen LogP) is 4.21. The number of rotatable bonds is 5. The van der Waals surface area contributed by atoms with Gasteiger partial charge >= 0.3 is 0 Å². The lowest BCUT2D eigenvalue weighted by molar-refractivity contribution is 0.111. The second kappa shape index (κ2) is 7.44. The molecule has 0 saturated heterocycles. The number of aromatic amines is 1. The number of nitrogens with zero attached hydrogens (tertiary/aromatic N) is 4. The van der Waals surface area contributed by atoms with E-state index in [0.29, 0.717) is 17.4 Å². The van der Waals surface area contributed by atoms with Crippen LogP contribution in [-0.2, 0) is 7.05 Å². The number of aldehydes is 1. The Morgan fingerprint density at radius 3 is 2.97 bits per heavy atom. The van der Waals surface area contributed by atoms with E-state index in [4.69, 9.17) is 0 Å². The van der Waals surface area contributed by atoms with E-state index in [1.807, 2.05) is 54.3 Å². The zero-order valence-corrected chi connectivity index (χ0v) is 16.4. The molecule has 30 heavy (non-hydrogen) atoms. The smallest absolute Gasteiger partial charge is 0.166 e. The van der Waals surface area contributed by atoms with Crippen molar-refractivity contribution in [1.29, 1.82) is 0 Å². The minimum atomic E-state index is 0.337. The fraction of sp³-hybridized carbons (Fsp3) is 0.130. The highest BCUT2D eigenvalue weighted by Gasteiger charge is 2.13. The van der Waals surface area contributed by atoms with E-state index in [1.54, 1.807) is 6.20 Å². The number of fused-ring (bicyclic) bond motifs is 1. The van der Waals surface area contributed by atoms with Crippen molar-refractivity contribution in [3.05, 3.63) is 84.1 Å². The van der Waals surface area contributed by atoms with Crippen LogP contribution < -0.4 is 5.32 Å². The molecule has 4 aromatic rings. The maximum absolute atomic E-state index is 11.2. The fourth-order valence-corrected chi connectivity index (χ4v) is 3.74. The van der Waals surface area contributed by atoms with E-state index >= 15 is 0 Å². The van der Waals surface area contributed by atoms with Gasteiger partial charge in [0, 0.05) is 47.5 Å². The van der Waals surface area contributed by atoms with E-state index in [9.17, 15) is 4.79 Å². The molecular weight excluding hydrogens is 376 g/mol. The van der Waals surface area contributed by atoms with Gasteiger partial charge in [0.05, 0.1) is 11.9 Å². The molecule has 2 N–H and O–H groups in total. The lowest BCUT2D eigenvalue weighted by atomic mass is 9.94. The summed E-state index contributed by atoms with van der Waals surface area (Å²) in [7, 11) is 1.88. The van der Waals surface area contributed by atoms with Crippen LogP contribution in [0.3, 0.4) is 0 Å². The molecule has 0 amide bonds. The lowest BCUT2D eigenvalue weighted by Gasteiger charge is -2.16. The molecule has 0 radical (unpaired) electrons. The normalized spacial score (nSPS) is 15.9. The van der Waals surface area contributed by atoms with Gasteiger partial charge in [-0.3, -0.25) is 9.89 Å². The van der Waals surface area contributed by atoms with Gasteiger partial charge in [0.1, 0.15) is 5.82 Å². The minimum Gasteiger partial charge on any atom is -0.341 e. The zero-order valence-electron chi connectivity index (χ0n) is 16.4. The first-order chi connectivity index (χ1) is 14.7. The van der Waals surface area contributed by atoms with Gasteiger partial charge in [-0.25, -0.2) is 9.97 Å². The van der Waals surface area contributed by atoms with E-state index in [-0.39, 0.29) is 0 Å². The Hall–Kier alpha value is -4.00. The molecule has 1 aliphatic rings. The molecule has 0 saturated carbocycles. The van der Waals surface area contributed by atoms with Crippen LogP contribution >= 0.6 is 0 Å². The van der Waals surface area contributed by atoms with Crippen molar-refractivity contribution in [3.63, 3.8) is 0 Å². The van der Waals surface area contributed by atoms with E-state index < -0.39 is 0 Å². The van der Waals surface area contributed by atoms with Crippen molar-refractivity contribution < 1.29 is 4.79 Å². The van der Waals surface area contributed by atoms with Crippen LogP contribution in [0.25, 0.3) is 22.3 Å². The van der Waals surface area contributed by atoms with Crippen molar-refractivity contribution in [2.45, 2.75) is 12.3 Å². The van der Waals surface area contributed by atoms with Crippen LogP contribution in [0.15, 0.2) is 72.8 Å². The number of carbonyl (C=O) groups excluding carboxylic acids is 1. The Morgan fingerprint density at radius 2 is 2.20 bits per heavy atom. The number of allylic oxidation sites excluding steroid dienone is 3. The molecular formula is C23H20N6O. The first kappa shape index (κ1) is 18.1. The number of nitrogens with one attached hydrogen (secondary N) is 2. The van der Waals surface area contributed by atoms with Gasteiger partial charge in [0.25, 0.3) is 0 Å². The van der Waals surface area contributed by atoms with Crippen molar-refractivity contribution in [2.75, 3.05) is 5.32 Å². The van der Waals surface area contributed by atoms with Gasteiger partial charge in [-0.1, -0.05) is 24.3 Å². The number of aryl methyl sites for hydroxylation is 1. The van der Waals surface area contributed by atoms with Crippen LogP contribution in [0.1, 0.15) is 28.4 Å². The summed E-state index contributed by atoms with van der Waals surface area (Å²) in [5.41, 5.74) is 4.70. The van der Waals surface area contributed by atoms with Crippen LogP contribution in [0.2, 0.25) is 0 Å². The van der Waals surface area contributed by atoms with E-state index in [0.717, 1.165) is 40.7 Å². The summed E-state index contributed by atoms with van der Waals surface area (Å²) in [5.74, 6) is 1.70. The van der Waals surface area contributed by atoms with Crippen molar-refractivity contribution in [2.24, 2.45) is 7.05 Å². The molecule has 0 spiro atoms. The predicted molar refractivity (Wildman–Crippen MR) is 116 cm³/mol. The first-order valence-electron chi connectivity index (χ1n) is 9.73. The third-order valence-electron chi connectivity index (χ3n) is 5.44. The van der Waals surface area contributed by atoms with Crippen molar-refractivity contribution >= 4 is 23.0 Å². The summed E-state index contributed by atoms with van der Waals surface area (Å²) in [5, 5.41) is 11.3. The van der Waals surface area contributed by atoms with Crippen molar-refractivity contribution in [3.8, 4) is 11.4 Å². The molecule has 3 aromatic heterocycles. The number of H-pyrrole nitrogens is 1. The molecule has 0 fully saturated rings. The van der Waals surface area contributed by atoms with Crippen molar-refractivity contribution in [1.82, 2.24) is 24.7 Å². The van der Waals surface area contributed by atoms with Gasteiger partial charge in [0.2, 0.25) is 0 Å². The second-order valence-electron chi connectivity index (χ2n) is 7.30. The minimum absolute atomic E-state index is 0.337. The maximum atomic E-state index is 11.2. The molecule has 7 nitrogen and oxygen atoms in total. The summed E-state index contributed by atoms with van der Waals surface area (Å²) in [6.45, 7) is 0. The summed E-state index contributed by atoms with van der Waals surface area (Å²) >= 11 is 0. The Bertz CT molecular complexity index is 1280. The maximum Gasteiger partial charge on any atom is 0.166 e. The molecule has 1 aliphatic carbocycles. The second-order valence-corrected chi connectivity index (χ2v) is 7.30. The first-order valence-corrected chi connectivity index (χ1v) is 9.73. The average Bonchev–Trinajstić information content (AvgIpc) is 3.43. The third-order valence-corrected chi connectivity index (χ3v) is 5.44. The highest BCUT2D eigenvalue weighted by molar-refractivity contribution is 5.91. The number of carbonyl (C=O) groups is 1.